The van der Waals surface area contributed by atoms with Crippen LogP contribution in [0.15, 0.2) is 15.8 Å². The molecule has 8 nitrogen and oxygen atoms in total. The first-order chi connectivity index (χ1) is 12.8. The number of rotatable bonds is 4. The van der Waals surface area contributed by atoms with Crippen LogP contribution in [0, 0.1) is 6.92 Å². The van der Waals surface area contributed by atoms with Crippen LogP contribution in [0.4, 0.5) is 0 Å². The first kappa shape index (κ1) is 20.0. The molecule has 2 N–H and O–H groups in total. The van der Waals surface area contributed by atoms with Crippen molar-refractivity contribution < 1.29 is 19.0 Å². The van der Waals surface area contributed by atoms with Gasteiger partial charge in [-0.25, -0.2) is 4.79 Å². The highest BCUT2D eigenvalue weighted by Gasteiger charge is 2.75. The standard InChI is InChI=1S/C19H30N2O6Si/c1-11-9-21(16(23)20-14(11)22)15-12-13(27-28(5,6)17(2,3)4)19(26-15,10-25-12)18(24)7-8-18/h9,12-13,15,24H,7-8,10H2,1-6H3,(H,20,22,23)/t12?,13?,15-,19?/m1/s1. The average Bonchev–Trinajstić information content (AvgIpc) is 3.15. The van der Waals surface area contributed by atoms with Crippen molar-refractivity contribution in [1.82, 2.24) is 9.55 Å². The fraction of sp³-hybridized carbons (Fsp3) is 0.789. The Balaban J connectivity index is 1.76. The smallest absolute Gasteiger partial charge is 0.330 e. The number of aromatic nitrogens is 2. The fourth-order valence-electron chi connectivity index (χ4n) is 3.97. The number of nitrogens with one attached hydrogen (secondary N) is 1. The number of aliphatic hydroxyl groups is 1. The van der Waals surface area contributed by atoms with Crippen molar-refractivity contribution in [3.8, 4) is 0 Å². The summed E-state index contributed by atoms with van der Waals surface area (Å²) in [5, 5.41) is 11.1. The quantitative estimate of drug-likeness (QED) is 0.728. The van der Waals surface area contributed by atoms with Gasteiger partial charge in [-0.15, -0.1) is 0 Å². The Morgan fingerprint density at radius 2 is 1.96 bits per heavy atom. The van der Waals surface area contributed by atoms with E-state index in [4.69, 9.17) is 13.9 Å². The van der Waals surface area contributed by atoms with E-state index < -0.39 is 49.2 Å². The van der Waals surface area contributed by atoms with E-state index in [0.717, 1.165) is 0 Å². The zero-order valence-electron chi connectivity index (χ0n) is 17.4. The van der Waals surface area contributed by atoms with Crippen molar-refractivity contribution in [2.75, 3.05) is 6.61 Å². The maximum atomic E-state index is 12.5. The second kappa shape index (κ2) is 5.88. The molecule has 0 aromatic carbocycles. The predicted octanol–water partition coefficient (Wildman–Crippen LogP) is 1.43. The van der Waals surface area contributed by atoms with Gasteiger partial charge in [0, 0.05) is 11.8 Å². The molecule has 28 heavy (non-hydrogen) atoms. The molecule has 1 aromatic heterocycles. The summed E-state index contributed by atoms with van der Waals surface area (Å²) in [6, 6.07) is 0. The van der Waals surface area contributed by atoms with E-state index in [1.807, 2.05) is 0 Å². The third kappa shape index (κ3) is 2.71. The maximum absolute atomic E-state index is 12.5. The van der Waals surface area contributed by atoms with Gasteiger partial charge in [-0.1, -0.05) is 20.8 Å². The summed E-state index contributed by atoms with van der Waals surface area (Å²) >= 11 is 0. The van der Waals surface area contributed by atoms with E-state index in [-0.39, 0.29) is 11.6 Å². The lowest BCUT2D eigenvalue weighted by Gasteiger charge is -2.42. The minimum absolute atomic E-state index is 0.0245. The highest BCUT2D eigenvalue weighted by Crippen LogP contribution is 2.60. The van der Waals surface area contributed by atoms with Crippen LogP contribution >= 0.6 is 0 Å². The third-order valence-electron chi connectivity index (χ3n) is 7.02. The van der Waals surface area contributed by atoms with Crippen molar-refractivity contribution >= 4 is 8.32 Å². The van der Waals surface area contributed by atoms with Gasteiger partial charge in [-0.2, -0.15) is 0 Å². The molecule has 3 unspecified atom stereocenters. The monoisotopic (exact) mass is 410 g/mol. The zero-order valence-corrected chi connectivity index (χ0v) is 18.4. The van der Waals surface area contributed by atoms with E-state index in [1.165, 1.54) is 10.8 Å². The highest BCUT2D eigenvalue weighted by molar-refractivity contribution is 6.74. The second-order valence-electron chi connectivity index (χ2n) is 9.98. The summed E-state index contributed by atoms with van der Waals surface area (Å²) in [6.07, 6.45) is 0.978. The molecule has 1 aliphatic carbocycles. The van der Waals surface area contributed by atoms with Gasteiger partial charge in [0.2, 0.25) is 0 Å². The number of fused-ring (bicyclic) bond motifs is 2. The normalized spacial score (nSPS) is 34.0. The molecule has 2 saturated heterocycles. The summed E-state index contributed by atoms with van der Waals surface area (Å²) < 4.78 is 20.5. The van der Waals surface area contributed by atoms with Crippen molar-refractivity contribution in [1.29, 1.82) is 0 Å². The molecule has 4 atom stereocenters. The van der Waals surface area contributed by atoms with Crippen LogP contribution in [0.2, 0.25) is 18.1 Å². The molecule has 2 aliphatic heterocycles. The number of nitrogens with zero attached hydrogens (tertiary/aromatic N) is 1. The molecule has 0 spiro atoms. The van der Waals surface area contributed by atoms with Crippen LogP contribution in [0.1, 0.15) is 45.4 Å². The molecule has 2 bridgehead atoms. The predicted molar refractivity (Wildman–Crippen MR) is 105 cm³/mol. The van der Waals surface area contributed by atoms with Crippen molar-refractivity contribution in [3.63, 3.8) is 0 Å². The number of ether oxygens (including phenoxy) is 2. The van der Waals surface area contributed by atoms with Gasteiger partial charge in [-0.05, 0) is 37.9 Å². The molecule has 4 rings (SSSR count). The number of aryl methyl sites for hydroxylation is 1. The number of hydrogen-bond donors (Lipinski definition) is 2. The Labute approximate surface area is 164 Å². The zero-order chi connectivity index (χ0) is 20.7. The molecule has 9 heteroatoms. The van der Waals surface area contributed by atoms with Gasteiger partial charge in [0.25, 0.3) is 5.56 Å². The lowest BCUT2D eigenvalue weighted by Crippen LogP contribution is -2.57. The number of H-pyrrole nitrogens is 1. The summed E-state index contributed by atoms with van der Waals surface area (Å²) in [6.45, 7) is 12.6. The molecular formula is C19H30N2O6Si. The lowest BCUT2D eigenvalue weighted by atomic mass is 9.90. The Bertz CT molecular complexity index is 912. The van der Waals surface area contributed by atoms with E-state index >= 15 is 0 Å². The van der Waals surface area contributed by atoms with Crippen LogP contribution in [-0.2, 0) is 13.9 Å². The van der Waals surface area contributed by atoms with Gasteiger partial charge >= 0.3 is 5.69 Å². The third-order valence-corrected chi connectivity index (χ3v) is 11.5. The van der Waals surface area contributed by atoms with Crippen LogP contribution < -0.4 is 11.2 Å². The first-order valence-electron chi connectivity index (χ1n) is 9.83. The van der Waals surface area contributed by atoms with Gasteiger partial charge in [0.15, 0.2) is 20.1 Å². The molecule has 0 radical (unpaired) electrons. The minimum atomic E-state index is -2.19. The van der Waals surface area contributed by atoms with Gasteiger partial charge in [-0.3, -0.25) is 14.3 Å². The Hall–Kier alpha value is -1.26. The van der Waals surface area contributed by atoms with Gasteiger partial charge < -0.3 is 19.0 Å². The summed E-state index contributed by atoms with van der Waals surface area (Å²) in [5.74, 6) is 0. The molecular weight excluding hydrogens is 380 g/mol. The fourth-order valence-corrected chi connectivity index (χ4v) is 5.28. The Morgan fingerprint density at radius 1 is 1.32 bits per heavy atom. The number of hydrogen-bond acceptors (Lipinski definition) is 6. The molecule has 1 aromatic rings. The lowest BCUT2D eigenvalue weighted by molar-refractivity contribution is -0.218. The molecule has 156 valence electrons. The largest absolute Gasteiger partial charge is 0.408 e. The van der Waals surface area contributed by atoms with Crippen molar-refractivity contribution in [2.45, 2.75) is 88.3 Å². The van der Waals surface area contributed by atoms with Gasteiger partial charge in [0.1, 0.15) is 12.2 Å². The Morgan fingerprint density at radius 3 is 2.54 bits per heavy atom. The van der Waals surface area contributed by atoms with Crippen LogP contribution in [0.3, 0.4) is 0 Å². The second-order valence-corrected chi connectivity index (χ2v) is 14.7. The van der Waals surface area contributed by atoms with Crippen molar-refractivity contribution in [3.05, 3.63) is 32.6 Å². The molecule has 0 amide bonds. The SMILES string of the molecule is Cc1cn([C@@H]2OC3(C4(O)CC4)COC2C3O[Si](C)(C)C(C)(C)C)c(=O)[nH]c1=O. The first-order valence-corrected chi connectivity index (χ1v) is 12.7. The van der Waals surface area contributed by atoms with E-state index in [2.05, 4.69) is 38.8 Å². The van der Waals surface area contributed by atoms with E-state index in [0.29, 0.717) is 18.4 Å². The van der Waals surface area contributed by atoms with Crippen LogP contribution in [0.5, 0.6) is 0 Å². The molecule has 3 fully saturated rings. The average molecular weight is 411 g/mol. The molecule has 1 saturated carbocycles. The summed E-state index contributed by atoms with van der Waals surface area (Å²) in [7, 11) is -2.19. The highest BCUT2D eigenvalue weighted by atomic mass is 28.4. The Kier molecular flexibility index (Phi) is 4.21. The summed E-state index contributed by atoms with van der Waals surface area (Å²) in [5.41, 5.74) is -2.58. The molecule has 3 aliphatic rings. The summed E-state index contributed by atoms with van der Waals surface area (Å²) in [4.78, 5) is 26.5. The van der Waals surface area contributed by atoms with Crippen molar-refractivity contribution in [2.24, 2.45) is 0 Å². The maximum Gasteiger partial charge on any atom is 0.330 e. The van der Waals surface area contributed by atoms with E-state index in [1.54, 1.807) is 6.92 Å². The van der Waals surface area contributed by atoms with Crippen LogP contribution in [0.25, 0.3) is 0 Å². The topological polar surface area (TPSA) is 103 Å². The minimum Gasteiger partial charge on any atom is -0.408 e. The van der Waals surface area contributed by atoms with Crippen LogP contribution in [-0.4, -0.2) is 53.0 Å². The van der Waals surface area contributed by atoms with Gasteiger partial charge in [0.05, 0.1) is 12.2 Å². The van der Waals surface area contributed by atoms with E-state index in [9.17, 15) is 14.7 Å². The molecule has 3 heterocycles. The number of aromatic amines is 1.